The number of nitro groups is 1. The maximum Gasteiger partial charge on any atom is 0.326 e. The molecule has 8 heteroatoms. The highest BCUT2D eigenvalue weighted by atomic mass is 16.6. The van der Waals surface area contributed by atoms with Crippen molar-refractivity contribution >= 4 is 17.7 Å². The van der Waals surface area contributed by atoms with Crippen LogP contribution in [0.5, 0.6) is 0 Å². The van der Waals surface area contributed by atoms with E-state index in [0.29, 0.717) is 12.8 Å². The number of carbonyl (C=O) groups excluding carboxylic acids is 1. The van der Waals surface area contributed by atoms with Crippen LogP contribution in [0.15, 0.2) is 12.1 Å². The van der Waals surface area contributed by atoms with Gasteiger partial charge in [-0.3, -0.25) is 4.79 Å². The molecular formula is C10H13N3O5. The predicted octanol–water partition coefficient (Wildman–Crippen LogP) is 0.906. The van der Waals surface area contributed by atoms with Crippen LogP contribution in [0.3, 0.4) is 0 Å². The zero-order valence-electron chi connectivity index (χ0n) is 9.67. The second-order valence-corrected chi connectivity index (χ2v) is 3.67. The number of nitrogens with one attached hydrogen (secondary N) is 2. The maximum atomic E-state index is 11.6. The highest BCUT2D eigenvalue weighted by Gasteiger charge is 2.22. The van der Waals surface area contributed by atoms with Gasteiger partial charge < -0.3 is 20.5 Å². The highest BCUT2D eigenvalue weighted by Crippen LogP contribution is 2.10. The highest BCUT2D eigenvalue weighted by molar-refractivity contribution is 5.95. The molecule has 0 unspecified atom stereocenters. The molecule has 0 radical (unpaired) electrons. The van der Waals surface area contributed by atoms with Gasteiger partial charge in [-0.05, 0) is 17.4 Å². The Labute approximate surface area is 102 Å². The van der Waals surface area contributed by atoms with Gasteiger partial charge in [-0.1, -0.05) is 13.3 Å². The van der Waals surface area contributed by atoms with Crippen molar-refractivity contribution in [1.82, 2.24) is 10.3 Å². The molecular weight excluding hydrogens is 242 g/mol. The normalized spacial score (nSPS) is 11.8. The fourth-order valence-electron chi connectivity index (χ4n) is 1.40. The lowest BCUT2D eigenvalue weighted by Crippen LogP contribution is -2.40. The summed E-state index contributed by atoms with van der Waals surface area (Å²) in [5.41, 5.74) is -0.0379. The minimum Gasteiger partial charge on any atom is -0.480 e. The maximum absolute atomic E-state index is 11.6. The van der Waals surface area contributed by atoms with E-state index in [4.69, 9.17) is 5.11 Å². The third-order valence-corrected chi connectivity index (χ3v) is 2.29. The van der Waals surface area contributed by atoms with Crippen molar-refractivity contribution in [1.29, 1.82) is 0 Å². The predicted molar refractivity (Wildman–Crippen MR) is 61.2 cm³/mol. The van der Waals surface area contributed by atoms with E-state index in [2.05, 4.69) is 10.3 Å². The SMILES string of the molecule is CCC[C@H](NC(=O)c1ccc([N+](=O)[O-])[nH]1)C(=O)O. The Hall–Kier alpha value is -2.38. The lowest BCUT2D eigenvalue weighted by Gasteiger charge is -2.11. The first-order valence-electron chi connectivity index (χ1n) is 5.32. The van der Waals surface area contributed by atoms with Crippen LogP contribution in [0.4, 0.5) is 5.82 Å². The van der Waals surface area contributed by atoms with Gasteiger partial charge in [0, 0.05) is 6.07 Å². The molecule has 0 aliphatic carbocycles. The second kappa shape index (κ2) is 5.80. The van der Waals surface area contributed by atoms with Crippen LogP contribution < -0.4 is 5.32 Å². The van der Waals surface area contributed by atoms with E-state index < -0.39 is 22.8 Å². The Bertz CT molecular complexity index is 468. The molecule has 1 heterocycles. The summed E-state index contributed by atoms with van der Waals surface area (Å²) >= 11 is 0. The van der Waals surface area contributed by atoms with Gasteiger partial charge in [0.2, 0.25) is 0 Å². The van der Waals surface area contributed by atoms with Crippen molar-refractivity contribution in [2.75, 3.05) is 0 Å². The van der Waals surface area contributed by atoms with E-state index in [1.165, 1.54) is 6.07 Å². The van der Waals surface area contributed by atoms with E-state index >= 15 is 0 Å². The van der Waals surface area contributed by atoms with Gasteiger partial charge in [0.15, 0.2) is 5.69 Å². The Morgan fingerprint density at radius 3 is 2.67 bits per heavy atom. The molecule has 18 heavy (non-hydrogen) atoms. The molecule has 98 valence electrons. The molecule has 1 amide bonds. The number of carboxylic acids is 1. The first-order chi connectivity index (χ1) is 8.45. The van der Waals surface area contributed by atoms with Gasteiger partial charge in [-0.25, -0.2) is 9.78 Å². The number of carboxylic acid groups (broad SMARTS) is 1. The smallest absolute Gasteiger partial charge is 0.326 e. The van der Waals surface area contributed by atoms with Gasteiger partial charge in [0.1, 0.15) is 6.04 Å². The molecule has 0 bridgehead atoms. The largest absolute Gasteiger partial charge is 0.480 e. The quantitative estimate of drug-likeness (QED) is 0.514. The summed E-state index contributed by atoms with van der Waals surface area (Å²) in [6, 6.07) is 1.38. The summed E-state index contributed by atoms with van der Waals surface area (Å²) in [6.45, 7) is 1.79. The summed E-state index contributed by atoms with van der Waals surface area (Å²) in [7, 11) is 0. The average Bonchev–Trinajstić information content (AvgIpc) is 2.77. The number of hydrogen-bond acceptors (Lipinski definition) is 4. The summed E-state index contributed by atoms with van der Waals surface area (Å²) in [6.07, 6.45) is 0.895. The molecule has 1 rings (SSSR count). The summed E-state index contributed by atoms with van der Waals surface area (Å²) in [5.74, 6) is -2.13. The lowest BCUT2D eigenvalue weighted by atomic mass is 10.1. The van der Waals surface area contributed by atoms with Crippen molar-refractivity contribution in [2.45, 2.75) is 25.8 Å². The molecule has 3 N–H and O–H groups in total. The molecule has 0 saturated carbocycles. The van der Waals surface area contributed by atoms with E-state index in [1.54, 1.807) is 6.92 Å². The summed E-state index contributed by atoms with van der Waals surface area (Å²) < 4.78 is 0. The molecule has 1 aromatic rings. The van der Waals surface area contributed by atoms with Crippen LogP contribution in [-0.2, 0) is 4.79 Å². The van der Waals surface area contributed by atoms with Gasteiger partial charge in [-0.15, -0.1) is 0 Å². The number of aliphatic carboxylic acids is 1. The first kappa shape index (κ1) is 13.7. The van der Waals surface area contributed by atoms with Crippen molar-refractivity contribution in [2.24, 2.45) is 0 Å². The third-order valence-electron chi connectivity index (χ3n) is 2.29. The van der Waals surface area contributed by atoms with Crippen LogP contribution in [0, 0.1) is 10.1 Å². The number of H-pyrrole nitrogens is 1. The van der Waals surface area contributed by atoms with Crippen LogP contribution in [0.25, 0.3) is 0 Å². The Morgan fingerprint density at radius 1 is 1.56 bits per heavy atom. The fourth-order valence-corrected chi connectivity index (χ4v) is 1.40. The van der Waals surface area contributed by atoms with Crippen molar-refractivity contribution in [3.05, 3.63) is 27.9 Å². The molecule has 0 saturated heterocycles. The molecule has 1 atom stereocenters. The number of rotatable bonds is 6. The Balaban J connectivity index is 2.74. The van der Waals surface area contributed by atoms with Crippen LogP contribution in [0.1, 0.15) is 30.3 Å². The van der Waals surface area contributed by atoms with Crippen LogP contribution >= 0.6 is 0 Å². The van der Waals surface area contributed by atoms with E-state index in [-0.39, 0.29) is 11.5 Å². The average molecular weight is 255 g/mol. The number of aromatic amines is 1. The zero-order chi connectivity index (χ0) is 13.7. The third kappa shape index (κ3) is 3.30. The molecule has 0 aliphatic heterocycles. The van der Waals surface area contributed by atoms with Crippen LogP contribution in [-0.4, -0.2) is 32.9 Å². The zero-order valence-corrected chi connectivity index (χ0v) is 9.67. The monoisotopic (exact) mass is 255 g/mol. The van der Waals surface area contributed by atoms with Crippen molar-refractivity contribution in [3.8, 4) is 0 Å². The molecule has 0 fully saturated rings. The van der Waals surface area contributed by atoms with E-state index in [1.807, 2.05) is 0 Å². The van der Waals surface area contributed by atoms with E-state index in [9.17, 15) is 19.7 Å². The first-order valence-corrected chi connectivity index (χ1v) is 5.32. The number of carbonyl (C=O) groups is 2. The van der Waals surface area contributed by atoms with Gasteiger partial charge in [0.25, 0.3) is 5.91 Å². The fraction of sp³-hybridized carbons (Fsp3) is 0.400. The van der Waals surface area contributed by atoms with Crippen molar-refractivity contribution in [3.63, 3.8) is 0 Å². The number of aromatic nitrogens is 1. The molecule has 8 nitrogen and oxygen atoms in total. The standard InChI is InChI=1S/C10H13N3O5/c1-2-3-7(10(15)16)12-9(14)6-4-5-8(11-6)13(17)18/h4-5,7,11H,2-3H2,1H3,(H,12,14)(H,15,16)/t7-/m0/s1. The van der Waals surface area contributed by atoms with Gasteiger partial charge in [-0.2, -0.15) is 0 Å². The van der Waals surface area contributed by atoms with E-state index in [0.717, 1.165) is 6.07 Å². The number of hydrogen-bond donors (Lipinski definition) is 3. The van der Waals surface area contributed by atoms with Crippen LogP contribution in [0.2, 0.25) is 0 Å². The second-order valence-electron chi connectivity index (χ2n) is 3.67. The number of nitrogens with zero attached hydrogens (tertiary/aromatic N) is 1. The van der Waals surface area contributed by atoms with Gasteiger partial charge in [0.05, 0.1) is 0 Å². The van der Waals surface area contributed by atoms with Crippen molar-refractivity contribution < 1.29 is 19.6 Å². The topological polar surface area (TPSA) is 125 Å². The molecule has 0 aromatic carbocycles. The summed E-state index contributed by atoms with van der Waals surface area (Å²) in [4.78, 5) is 34.5. The van der Waals surface area contributed by atoms with Gasteiger partial charge >= 0.3 is 11.8 Å². The lowest BCUT2D eigenvalue weighted by molar-refractivity contribution is -0.389. The Morgan fingerprint density at radius 2 is 2.22 bits per heavy atom. The minimum absolute atomic E-state index is 0.0379. The summed E-state index contributed by atoms with van der Waals surface area (Å²) in [5, 5.41) is 21.6. The Kier molecular flexibility index (Phi) is 4.41. The molecule has 0 aliphatic rings. The minimum atomic E-state index is -1.13. The number of amides is 1. The molecule has 1 aromatic heterocycles. The molecule has 0 spiro atoms.